The van der Waals surface area contributed by atoms with Crippen LogP contribution in [-0.2, 0) is 0 Å². The average Bonchev–Trinajstić information content (AvgIpc) is 3.29. The average molecular weight is 777 g/mol. The largest absolute Gasteiger partial charge is 0.254 e. The summed E-state index contributed by atoms with van der Waals surface area (Å²) in [7, 11) is 0. The lowest BCUT2D eigenvalue weighted by Crippen LogP contribution is -1.86. The molecule has 0 saturated carbocycles. The van der Waals surface area contributed by atoms with E-state index in [2.05, 4.69) is 146 Å². The molecule has 0 bridgehead atoms. The van der Waals surface area contributed by atoms with Crippen molar-refractivity contribution < 1.29 is 0 Å². The van der Waals surface area contributed by atoms with Gasteiger partial charge in [0.05, 0.1) is 44.1 Å². The quantitative estimate of drug-likeness (QED) is 0.140. The van der Waals surface area contributed by atoms with Crippen LogP contribution in [-0.4, -0.2) is 39.9 Å². The minimum atomic E-state index is 0.981. The zero-order chi connectivity index (χ0) is 41.0. The van der Waals surface area contributed by atoms with E-state index in [4.69, 9.17) is 0 Å². The Bertz CT molecular complexity index is 3440. The van der Waals surface area contributed by atoms with Crippen molar-refractivity contribution in [3.63, 3.8) is 0 Å². The molecule has 0 atom stereocenters. The first kappa shape index (κ1) is 37.7. The van der Waals surface area contributed by atoms with Gasteiger partial charge in [-0.2, -0.15) is 0 Å². The van der Waals surface area contributed by atoms with Gasteiger partial charge in [0.2, 0.25) is 0 Å². The first-order chi connectivity index (χ1) is 29.4. The van der Waals surface area contributed by atoms with E-state index in [9.17, 15) is 0 Å². The SMILES string of the molecule is Cc1cc2cccnc2c2ncccc12.Cc1ccc2ccc3cccnc3c2n1.Cc1ccnc2c1ccc1cccnc12.Cc1cnc2c(ccc3cccnc32)c1. The molecule has 0 spiro atoms. The van der Waals surface area contributed by atoms with Crippen molar-refractivity contribution >= 4 is 87.2 Å². The molecule has 0 unspecified atom stereocenters. The van der Waals surface area contributed by atoms with Crippen LogP contribution < -0.4 is 0 Å². The fourth-order valence-electron chi connectivity index (χ4n) is 7.51. The second-order valence-corrected chi connectivity index (χ2v) is 14.7. The number of aromatic nitrogens is 8. The molecule has 288 valence electrons. The van der Waals surface area contributed by atoms with E-state index >= 15 is 0 Å². The fraction of sp³-hybridized carbons (Fsp3) is 0.0769. The lowest BCUT2D eigenvalue weighted by Gasteiger charge is -2.04. The highest BCUT2D eigenvalue weighted by molar-refractivity contribution is 6.06. The molecule has 0 fully saturated rings. The highest BCUT2D eigenvalue weighted by Gasteiger charge is 2.06. The second-order valence-electron chi connectivity index (χ2n) is 14.7. The highest BCUT2D eigenvalue weighted by Crippen LogP contribution is 2.26. The van der Waals surface area contributed by atoms with Crippen LogP contribution in [0, 0.1) is 27.7 Å². The summed E-state index contributed by atoms with van der Waals surface area (Å²) in [4.78, 5) is 35.3. The van der Waals surface area contributed by atoms with Gasteiger partial charge < -0.3 is 0 Å². The van der Waals surface area contributed by atoms with Gasteiger partial charge >= 0.3 is 0 Å². The number of hydrogen-bond donors (Lipinski definition) is 0. The van der Waals surface area contributed by atoms with Crippen molar-refractivity contribution in [1.82, 2.24) is 39.9 Å². The molecule has 8 nitrogen and oxygen atoms in total. The molecule has 0 radical (unpaired) electrons. The minimum absolute atomic E-state index is 0.981. The molecule has 0 aliphatic rings. The Balaban J connectivity index is 0.000000103. The molecule has 12 aromatic rings. The molecule has 0 amide bonds. The van der Waals surface area contributed by atoms with Crippen molar-refractivity contribution in [3.8, 4) is 0 Å². The number of hydrogen-bond acceptors (Lipinski definition) is 8. The minimum Gasteiger partial charge on any atom is -0.254 e. The summed E-state index contributed by atoms with van der Waals surface area (Å²) in [5.74, 6) is 0. The van der Waals surface area contributed by atoms with Gasteiger partial charge in [-0.3, -0.25) is 39.9 Å². The lowest BCUT2D eigenvalue weighted by molar-refractivity contribution is 1.25. The summed E-state index contributed by atoms with van der Waals surface area (Å²) in [6.07, 6.45) is 12.8. The predicted molar refractivity (Wildman–Crippen MR) is 247 cm³/mol. The lowest BCUT2D eigenvalue weighted by atomic mass is 10.1. The molecule has 0 aliphatic heterocycles. The monoisotopic (exact) mass is 776 g/mol. The van der Waals surface area contributed by atoms with Crippen molar-refractivity contribution in [1.29, 1.82) is 0 Å². The van der Waals surface area contributed by atoms with E-state index in [-0.39, 0.29) is 0 Å². The van der Waals surface area contributed by atoms with Gasteiger partial charge in [-0.1, -0.05) is 72.8 Å². The Morgan fingerprint density at radius 3 is 1.37 bits per heavy atom. The van der Waals surface area contributed by atoms with E-state index in [1.54, 1.807) is 0 Å². The Morgan fingerprint density at radius 1 is 0.300 bits per heavy atom. The first-order valence-corrected chi connectivity index (χ1v) is 19.8. The van der Waals surface area contributed by atoms with E-state index in [0.717, 1.165) is 82.1 Å². The Labute approximate surface area is 346 Å². The number of rotatable bonds is 0. The van der Waals surface area contributed by atoms with Crippen molar-refractivity contribution in [2.45, 2.75) is 27.7 Å². The molecule has 60 heavy (non-hydrogen) atoms. The van der Waals surface area contributed by atoms with Gasteiger partial charge in [0, 0.05) is 92.2 Å². The third-order valence-electron chi connectivity index (χ3n) is 10.5. The van der Waals surface area contributed by atoms with E-state index in [1.807, 2.05) is 92.8 Å². The van der Waals surface area contributed by atoms with Gasteiger partial charge in [0.25, 0.3) is 0 Å². The van der Waals surface area contributed by atoms with Gasteiger partial charge in [-0.15, -0.1) is 0 Å². The Kier molecular flexibility index (Phi) is 10.4. The third-order valence-corrected chi connectivity index (χ3v) is 10.5. The van der Waals surface area contributed by atoms with Crippen molar-refractivity contribution in [3.05, 3.63) is 193 Å². The van der Waals surface area contributed by atoms with Crippen LogP contribution in [0.2, 0.25) is 0 Å². The summed E-state index contributed by atoms with van der Waals surface area (Å²) < 4.78 is 0. The highest BCUT2D eigenvalue weighted by atomic mass is 14.8. The molecule has 8 aromatic heterocycles. The second kappa shape index (κ2) is 16.6. The summed E-state index contributed by atoms with van der Waals surface area (Å²) in [5.41, 5.74) is 12.6. The Morgan fingerprint density at radius 2 is 0.717 bits per heavy atom. The maximum Gasteiger partial charge on any atom is 0.0967 e. The number of nitrogens with zero attached hydrogens (tertiary/aromatic N) is 8. The van der Waals surface area contributed by atoms with Crippen LogP contribution in [0.5, 0.6) is 0 Å². The smallest absolute Gasteiger partial charge is 0.0967 e. The molecule has 0 N–H and O–H groups in total. The van der Waals surface area contributed by atoms with Gasteiger partial charge in [-0.25, -0.2) is 0 Å². The van der Waals surface area contributed by atoms with Crippen LogP contribution in [0.4, 0.5) is 0 Å². The number of pyridine rings is 8. The van der Waals surface area contributed by atoms with Gasteiger partial charge in [0.15, 0.2) is 0 Å². The molecule has 8 heteroatoms. The van der Waals surface area contributed by atoms with E-state index < -0.39 is 0 Å². The van der Waals surface area contributed by atoms with Crippen LogP contribution in [0.1, 0.15) is 22.4 Å². The predicted octanol–water partition coefficient (Wildman–Crippen LogP) is 12.4. The van der Waals surface area contributed by atoms with Crippen LogP contribution in [0.3, 0.4) is 0 Å². The van der Waals surface area contributed by atoms with Gasteiger partial charge in [0.1, 0.15) is 0 Å². The van der Waals surface area contributed by atoms with Crippen molar-refractivity contribution in [2.24, 2.45) is 0 Å². The molecular weight excluding hydrogens is 737 g/mol. The third kappa shape index (κ3) is 7.62. The maximum absolute atomic E-state index is 4.54. The van der Waals surface area contributed by atoms with Crippen LogP contribution in [0.25, 0.3) is 87.2 Å². The Hall–Kier alpha value is -7.84. The number of fused-ring (bicyclic) bond motifs is 12. The molecule has 12 rings (SSSR count). The summed E-state index contributed by atoms with van der Waals surface area (Å²) >= 11 is 0. The topological polar surface area (TPSA) is 103 Å². The molecule has 0 aliphatic carbocycles. The zero-order valence-electron chi connectivity index (χ0n) is 33.7. The van der Waals surface area contributed by atoms with Crippen LogP contribution >= 0.6 is 0 Å². The normalized spacial score (nSPS) is 11.0. The summed E-state index contributed by atoms with van der Waals surface area (Å²) in [5, 5.41) is 9.24. The van der Waals surface area contributed by atoms with E-state index in [0.29, 0.717) is 0 Å². The number of benzene rings is 4. The first-order valence-electron chi connectivity index (χ1n) is 19.8. The molecule has 0 saturated heterocycles. The van der Waals surface area contributed by atoms with E-state index in [1.165, 1.54) is 27.5 Å². The van der Waals surface area contributed by atoms with Crippen molar-refractivity contribution in [2.75, 3.05) is 0 Å². The van der Waals surface area contributed by atoms with Gasteiger partial charge in [-0.05, 0) is 99.0 Å². The molecule has 4 aromatic carbocycles. The summed E-state index contributed by atoms with van der Waals surface area (Å²) in [6.45, 7) is 8.26. The molecular formula is C52H40N8. The fourth-order valence-corrected chi connectivity index (χ4v) is 7.51. The number of aryl methyl sites for hydroxylation is 4. The maximum atomic E-state index is 4.54. The standard InChI is InChI=1S/4C13H10N2/c1-9-8-10-4-2-6-14-12(10)13-11(9)5-3-7-15-13;1-9-4-5-11-7-6-10-3-2-8-14-12(10)13(11)15-9;1-9-6-8-15-13-11(9)5-4-10-3-2-7-14-12(10)13;1-9-7-11-5-4-10-3-2-6-14-12(10)13(11)15-8-9/h4*2-8H,1H3. The zero-order valence-corrected chi connectivity index (χ0v) is 33.7. The van der Waals surface area contributed by atoms with Crippen LogP contribution in [0.15, 0.2) is 171 Å². The summed E-state index contributed by atoms with van der Waals surface area (Å²) in [6, 6.07) is 43.1. The molecule has 8 heterocycles.